The molecule has 1 aliphatic heterocycles. The van der Waals surface area contributed by atoms with Crippen molar-refractivity contribution in [3.63, 3.8) is 0 Å². The number of nitrogens with one attached hydrogen (secondary N) is 1. The predicted octanol–water partition coefficient (Wildman–Crippen LogP) is 2.03. The van der Waals surface area contributed by atoms with E-state index in [2.05, 4.69) is 24.2 Å². The zero-order valence-electron chi connectivity index (χ0n) is 10.3. The van der Waals surface area contributed by atoms with Gasteiger partial charge in [-0.1, -0.05) is 13.8 Å². The average molecular weight is 222 g/mol. The van der Waals surface area contributed by atoms with Crippen LogP contribution < -0.4 is 5.32 Å². The summed E-state index contributed by atoms with van der Waals surface area (Å²) in [6, 6.07) is 1.43. The standard InChI is InChI=1S/C13H22N2O/c1-8(2)11-9-3-4-10(7-9)12(11)15-13-14-5-6-16-13/h8-12H,3-7H2,1-2H3,(H,14,15). The second kappa shape index (κ2) is 3.94. The highest BCUT2D eigenvalue weighted by Gasteiger charge is 2.49. The number of nitrogens with zero attached hydrogens (tertiary/aromatic N) is 1. The minimum absolute atomic E-state index is 0.621. The molecule has 0 radical (unpaired) electrons. The van der Waals surface area contributed by atoms with Gasteiger partial charge in [-0.2, -0.15) is 0 Å². The molecule has 0 aromatic rings. The number of aliphatic imine (C=N–C) groups is 1. The monoisotopic (exact) mass is 222 g/mol. The summed E-state index contributed by atoms with van der Waals surface area (Å²) in [6.45, 7) is 6.31. The zero-order chi connectivity index (χ0) is 11.1. The summed E-state index contributed by atoms with van der Waals surface area (Å²) >= 11 is 0. The maximum Gasteiger partial charge on any atom is 0.285 e. The van der Waals surface area contributed by atoms with Gasteiger partial charge in [-0.25, -0.2) is 4.99 Å². The molecular formula is C13H22N2O. The highest BCUT2D eigenvalue weighted by atomic mass is 16.5. The number of hydrogen-bond acceptors (Lipinski definition) is 3. The summed E-state index contributed by atoms with van der Waals surface area (Å²) in [7, 11) is 0. The van der Waals surface area contributed by atoms with Gasteiger partial charge in [-0.15, -0.1) is 0 Å². The fraction of sp³-hybridized carbons (Fsp3) is 0.923. The molecule has 0 spiro atoms. The Kier molecular flexibility index (Phi) is 2.56. The molecule has 0 aromatic carbocycles. The van der Waals surface area contributed by atoms with E-state index in [-0.39, 0.29) is 0 Å². The second-order valence-electron chi connectivity index (χ2n) is 5.86. The van der Waals surface area contributed by atoms with Crippen LogP contribution in [-0.4, -0.2) is 25.2 Å². The zero-order valence-corrected chi connectivity index (χ0v) is 10.3. The second-order valence-corrected chi connectivity index (χ2v) is 5.86. The summed E-state index contributed by atoms with van der Waals surface area (Å²) in [6.07, 6.45) is 4.27. The van der Waals surface area contributed by atoms with E-state index in [0.29, 0.717) is 6.04 Å². The Labute approximate surface area is 97.7 Å². The van der Waals surface area contributed by atoms with Crippen molar-refractivity contribution in [1.82, 2.24) is 5.32 Å². The van der Waals surface area contributed by atoms with E-state index in [9.17, 15) is 0 Å². The van der Waals surface area contributed by atoms with Crippen LogP contribution in [0.1, 0.15) is 33.1 Å². The SMILES string of the molecule is CC(C)C1C2CCC(C2)C1NC1=NCCO1. The van der Waals surface area contributed by atoms with Crippen molar-refractivity contribution in [3.05, 3.63) is 0 Å². The van der Waals surface area contributed by atoms with E-state index in [1.807, 2.05) is 0 Å². The first-order valence-corrected chi connectivity index (χ1v) is 6.69. The van der Waals surface area contributed by atoms with Crippen molar-refractivity contribution in [2.24, 2.45) is 28.7 Å². The number of rotatable bonds is 2. The quantitative estimate of drug-likeness (QED) is 0.775. The maximum absolute atomic E-state index is 5.49. The number of ether oxygens (including phenoxy) is 1. The Morgan fingerprint density at radius 3 is 2.81 bits per heavy atom. The van der Waals surface area contributed by atoms with E-state index in [4.69, 9.17) is 4.74 Å². The van der Waals surface area contributed by atoms with Crippen LogP contribution in [0, 0.1) is 23.7 Å². The first-order valence-electron chi connectivity index (χ1n) is 6.69. The first kappa shape index (κ1) is 10.4. The fourth-order valence-electron chi connectivity index (χ4n) is 4.07. The van der Waals surface area contributed by atoms with Crippen molar-refractivity contribution in [1.29, 1.82) is 0 Å². The summed E-state index contributed by atoms with van der Waals surface area (Å²) in [5.41, 5.74) is 0. The minimum Gasteiger partial charge on any atom is -0.463 e. The molecular weight excluding hydrogens is 200 g/mol. The number of amidine groups is 1. The van der Waals surface area contributed by atoms with Crippen molar-refractivity contribution in [2.45, 2.75) is 39.2 Å². The third-order valence-corrected chi connectivity index (χ3v) is 4.63. The molecule has 3 nitrogen and oxygen atoms in total. The summed E-state index contributed by atoms with van der Waals surface area (Å²) < 4.78 is 5.49. The molecule has 2 bridgehead atoms. The molecule has 2 fully saturated rings. The lowest BCUT2D eigenvalue weighted by atomic mass is 9.77. The number of fused-ring (bicyclic) bond motifs is 2. The fourth-order valence-corrected chi connectivity index (χ4v) is 4.07. The molecule has 3 rings (SSSR count). The molecule has 0 saturated heterocycles. The smallest absolute Gasteiger partial charge is 0.285 e. The van der Waals surface area contributed by atoms with E-state index in [1.165, 1.54) is 19.3 Å². The van der Waals surface area contributed by atoms with Crippen molar-refractivity contribution < 1.29 is 4.74 Å². The van der Waals surface area contributed by atoms with Gasteiger partial charge >= 0.3 is 0 Å². The van der Waals surface area contributed by atoms with Gasteiger partial charge in [-0.05, 0) is 42.9 Å². The van der Waals surface area contributed by atoms with Crippen molar-refractivity contribution in [2.75, 3.05) is 13.2 Å². The third kappa shape index (κ3) is 1.61. The Balaban J connectivity index is 1.72. The molecule has 90 valence electrons. The maximum atomic E-state index is 5.49. The first-order chi connectivity index (χ1) is 7.75. The molecule has 2 aliphatic carbocycles. The molecule has 1 N–H and O–H groups in total. The van der Waals surface area contributed by atoms with E-state index < -0.39 is 0 Å². The van der Waals surface area contributed by atoms with E-state index >= 15 is 0 Å². The van der Waals surface area contributed by atoms with Crippen LogP contribution in [0.2, 0.25) is 0 Å². The lowest BCUT2D eigenvalue weighted by Gasteiger charge is -2.34. The van der Waals surface area contributed by atoms with E-state index in [0.717, 1.165) is 42.8 Å². The topological polar surface area (TPSA) is 33.6 Å². The van der Waals surface area contributed by atoms with Crippen LogP contribution in [0.15, 0.2) is 4.99 Å². The van der Waals surface area contributed by atoms with Gasteiger partial charge in [0.05, 0.1) is 6.54 Å². The minimum atomic E-state index is 0.621. The summed E-state index contributed by atoms with van der Waals surface area (Å²) in [5.74, 6) is 3.41. The average Bonchev–Trinajstić information content (AvgIpc) is 2.90. The Morgan fingerprint density at radius 2 is 2.12 bits per heavy atom. The molecule has 1 heterocycles. The highest BCUT2D eigenvalue weighted by Crippen LogP contribution is 2.51. The third-order valence-electron chi connectivity index (χ3n) is 4.63. The Morgan fingerprint density at radius 1 is 1.31 bits per heavy atom. The van der Waals surface area contributed by atoms with Gasteiger partial charge in [0.1, 0.15) is 6.61 Å². The molecule has 3 heteroatoms. The van der Waals surface area contributed by atoms with Crippen LogP contribution in [-0.2, 0) is 4.74 Å². The van der Waals surface area contributed by atoms with Gasteiger partial charge in [0.25, 0.3) is 6.02 Å². The predicted molar refractivity (Wildman–Crippen MR) is 64.3 cm³/mol. The van der Waals surface area contributed by atoms with Gasteiger partial charge in [-0.3, -0.25) is 0 Å². The van der Waals surface area contributed by atoms with E-state index in [1.54, 1.807) is 0 Å². The Hall–Kier alpha value is -0.730. The lowest BCUT2D eigenvalue weighted by molar-refractivity contribution is 0.198. The van der Waals surface area contributed by atoms with Crippen molar-refractivity contribution >= 4 is 6.02 Å². The lowest BCUT2D eigenvalue weighted by Crippen LogP contribution is -2.45. The van der Waals surface area contributed by atoms with Crippen LogP contribution in [0.3, 0.4) is 0 Å². The molecule has 16 heavy (non-hydrogen) atoms. The van der Waals surface area contributed by atoms with Gasteiger partial charge < -0.3 is 10.1 Å². The molecule has 3 aliphatic rings. The van der Waals surface area contributed by atoms with Crippen LogP contribution >= 0.6 is 0 Å². The molecule has 0 aromatic heterocycles. The molecule has 4 unspecified atom stereocenters. The normalized spacial score (nSPS) is 41.3. The number of hydrogen-bond donors (Lipinski definition) is 1. The summed E-state index contributed by atoms with van der Waals surface area (Å²) in [5, 5.41) is 3.57. The van der Waals surface area contributed by atoms with Gasteiger partial charge in [0, 0.05) is 6.04 Å². The van der Waals surface area contributed by atoms with Gasteiger partial charge in [0.15, 0.2) is 0 Å². The molecule has 2 saturated carbocycles. The van der Waals surface area contributed by atoms with Crippen LogP contribution in [0.25, 0.3) is 0 Å². The van der Waals surface area contributed by atoms with Crippen LogP contribution in [0.4, 0.5) is 0 Å². The summed E-state index contributed by atoms with van der Waals surface area (Å²) in [4.78, 5) is 4.36. The van der Waals surface area contributed by atoms with Crippen LogP contribution in [0.5, 0.6) is 0 Å². The highest BCUT2D eigenvalue weighted by molar-refractivity contribution is 5.75. The van der Waals surface area contributed by atoms with Crippen molar-refractivity contribution in [3.8, 4) is 0 Å². The molecule has 0 amide bonds. The molecule has 4 atom stereocenters. The largest absolute Gasteiger partial charge is 0.463 e. The van der Waals surface area contributed by atoms with Gasteiger partial charge in [0.2, 0.25) is 0 Å². The Bertz CT molecular complexity index is 300.